The largest absolute Gasteiger partial charge is 0.487 e. The van der Waals surface area contributed by atoms with Crippen molar-refractivity contribution in [3.63, 3.8) is 0 Å². The zero-order valence-electron chi connectivity index (χ0n) is 25.2. The van der Waals surface area contributed by atoms with Gasteiger partial charge in [-0.3, -0.25) is 4.79 Å². The lowest BCUT2D eigenvalue weighted by molar-refractivity contribution is -0.121. The number of aryl methyl sites for hydroxylation is 1. The van der Waals surface area contributed by atoms with Gasteiger partial charge in [0.2, 0.25) is 5.91 Å². The van der Waals surface area contributed by atoms with Crippen LogP contribution in [0.25, 0.3) is 11.1 Å². The molecule has 3 aliphatic heterocycles. The summed E-state index contributed by atoms with van der Waals surface area (Å²) in [7, 11) is 2.11. The van der Waals surface area contributed by atoms with Gasteiger partial charge in [-0.15, -0.1) is 0 Å². The van der Waals surface area contributed by atoms with E-state index in [4.69, 9.17) is 14.3 Å². The molecule has 0 saturated carbocycles. The van der Waals surface area contributed by atoms with Gasteiger partial charge in [-0.2, -0.15) is 0 Å². The second-order valence-corrected chi connectivity index (χ2v) is 12.5. The molecule has 1 N–H and O–H groups in total. The van der Waals surface area contributed by atoms with Crippen molar-refractivity contribution in [3.05, 3.63) is 48.0 Å². The molecule has 41 heavy (non-hydrogen) atoms. The molecule has 3 aliphatic rings. The second kappa shape index (κ2) is 13.1. The molecular formula is C33H45N3O5. The van der Waals surface area contributed by atoms with Crippen LogP contribution in [0.4, 0.5) is 10.5 Å². The number of piperidine rings is 2. The number of anilines is 1. The van der Waals surface area contributed by atoms with E-state index in [-0.39, 0.29) is 23.5 Å². The van der Waals surface area contributed by atoms with Crippen LogP contribution < -0.4 is 10.1 Å². The highest BCUT2D eigenvalue weighted by atomic mass is 16.6. The van der Waals surface area contributed by atoms with E-state index in [1.165, 1.54) is 12.5 Å². The zero-order valence-corrected chi connectivity index (χ0v) is 25.2. The molecule has 2 aromatic rings. The Hall–Kier alpha value is -3.39. The minimum absolute atomic E-state index is 0.0966. The summed E-state index contributed by atoms with van der Waals surface area (Å²) in [6.07, 6.45) is 5.90. The lowest BCUT2D eigenvalue weighted by Gasteiger charge is -2.44. The van der Waals surface area contributed by atoms with Crippen molar-refractivity contribution in [3.8, 4) is 16.9 Å². The fraction of sp³-hybridized carbons (Fsp3) is 0.545. The van der Waals surface area contributed by atoms with Crippen molar-refractivity contribution in [2.45, 2.75) is 77.4 Å². The van der Waals surface area contributed by atoms with Gasteiger partial charge < -0.3 is 29.4 Å². The predicted molar refractivity (Wildman–Crippen MR) is 161 cm³/mol. The van der Waals surface area contributed by atoms with Crippen LogP contribution in [0.15, 0.2) is 42.5 Å². The summed E-state index contributed by atoms with van der Waals surface area (Å²) in [5, 5.41) is 3.10. The molecule has 8 nitrogen and oxygen atoms in total. The van der Waals surface area contributed by atoms with E-state index in [1.54, 1.807) is 4.90 Å². The number of hydrogen-bond acceptors (Lipinski definition) is 6. The van der Waals surface area contributed by atoms with Gasteiger partial charge in [-0.25, -0.2) is 4.79 Å². The molecule has 0 radical (unpaired) electrons. The zero-order chi connectivity index (χ0) is 29.6. The Morgan fingerprint density at radius 3 is 2.20 bits per heavy atom. The summed E-state index contributed by atoms with van der Waals surface area (Å²) in [6.45, 7) is 10.4. The third-order valence-corrected chi connectivity index (χ3v) is 8.14. The fourth-order valence-corrected chi connectivity index (χ4v) is 5.74. The first kappa shape index (κ1) is 30.6. The van der Waals surface area contributed by atoms with Crippen LogP contribution in [0.3, 0.4) is 0 Å². The molecular weight excluding hydrogens is 518 g/mol. The number of carbonyl (C=O) groups is 3. The van der Waals surface area contributed by atoms with Crippen LogP contribution in [0.5, 0.6) is 5.75 Å². The summed E-state index contributed by atoms with van der Waals surface area (Å²) in [5.74, 6) is 1.18. The number of aldehydes is 1. The number of amides is 2. The Kier molecular flexibility index (Phi) is 9.74. The number of carbonyl (C=O) groups excluding carboxylic acids is 3. The minimum atomic E-state index is -0.481. The quantitative estimate of drug-likeness (QED) is 0.466. The lowest BCUT2D eigenvalue weighted by Crippen LogP contribution is -2.52. The van der Waals surface area contributed by atoms with E-state index < -0.39 is 5.60 Å². The number of nitrogens with one attached hydrogen (secondary N) is 1. The van der Waals surface area contributed by atoms with Crippen LogP contribution in [0.1, 0.15) is 65.4 Å². The number of rotatable bonds is 3. The molecule has 1 spiro atoms. The van der Waals surface area contributed by atoms with Crippen molar-refractivity contribution >= 4 is 24.0 Å². The molecule has 8 heteroatoms. The summed E-state index contributed by atoms with van der Waals surface area (Å²) >= 11 is 0. The number of benzene rings is 2. The van der Waals surface area contributed by atoms with E-state index in [2.05, 4.69) is 47.6 Å². The van der Waals surface area contributed by atoms with E-state index in [1.807, 2.05) is 32.9 Å². The van der Waals surface area contributed by atoms with Gasteiger partial charge in [0.15, 0.2) is 0 Å². The Morgan fingerprint density at radius 2 is 1.59 bits per heavy atom. The van der Waals surface area contributed by atoms with Gasteiger partial charge >= 0.3 is 6.09 Å². The van der Waals surface area contributed by atoms with Gasteiger partial charge in [0.1, 0.15) is 23.2 Å². The van der Waals surface area contributed by atoms with Crippen LogP contribution >= 0.6 is 0 Å². The normalized spacial score (nSPS) is 18.8. The van der Waals surface area contributed by atoms with E-state index in [9.17, 15) is 9.59 Å². The molecule has 2 saturated heterocycles. The van der Waals surface area contributed by atoms with Gasteiger partial charge in [0, 0.05) is 37.5 Å². The summed E-state index contributed by atoms with van der Waals surface area (Å²) in [5.41, 5.74) is 3.65. The second-order valence-electron chi connectivity index (χ2n) is 12.5. The van der Waals surface area contributed by atoms with Crippen LogP contribution in [-0.2, 0) is 20.7 Å². The van der Waals surface area contributed by atoms with Crippen LogP contribution in [0, 0.1) is 5.92 Å². The number of hydrogen-bond donors (Lipinski definition) is 1. The maximum atomic E-state index is 12.7. The molecule has 0 unspecified atom stereocenters. The summed E-state index contributed by atoms with van der Waals surface area (Å²) in [4.78, 5) is 38.0. The van der Waals surface area contributed by atoms with Gasteiger partial charge in [-0.1, -0.05) is 18.2 Å². The smallest absolute Gasteiger partial charge is 0.410 e. The molecule has 2 fully saturated rings. The first-order valence-electron chi connectivity index (χ1n) is 14.8. The van der Waals surface area contributed by atoms with Gasteiger partial charge in [0.05, 0.1) is 0 Å². The standard InChI is InChI=1S/C31H41N3O4.C2H4O/c1-30(2,3)38-29(36)34-19-15-31(16-20-34)14-11-25-21-24(7-10-27(25)37-31)22-5-8-26(9-6-22)32-28(35)23-12-17-33(4)18-13-23;1-2-3/h5-10,21,23H,11-20H2,1-4H3,(H,32,35);2H,1H3. The number of fused-ring (bicyclic) bond motifs is 1. The van der Waals surface area contributed by atoms with Gasteiger partial charge in [0.25, 0.3) is 0 Å². The average molecular weight is 564 g/mol. The average Bonchev–Trinajstić information content (AvgIpc) is 2.93. The van der Waals surface area contributed by atoms with Crippen molar-refractivity contribution in [1.82, 2.24) is 9.80 Å². The number of likely N-dealkylation sites (tertiary alicyclic amines) is 2. The Bertz CT molecular complexity index is 1200. The van der Waals surface area contributed by atoms with Gasteiger partial charge in [-0.05, 0) is 114 Å². The topological polar surface area (TPSA) is 88.2 Å². The molecule has 0 bridgehead atoms. The number of nitrogens with zero attached hydrogens (tertiary/aromatic N) is 2. The first-order valence-corrected chi connectivity index (χ1v) is 14.8. The molecule has 0 atom stereocenters. The van der Waals surface area contributed by atoms with Crippen molar-refractivity contribution in [1.29, 1.82) is 0 Å². The Morgan fingerprint density at radius 1 is 0.976 bits per heavy atom. The van der Waals surface area contributed by atoms with E-state index >= 15 is 0 Å². The minimum Gasteiger partial charge on any atom is -0.487 e. The first-order chi connectivity index (χ1) is 19.5. The van der Waals surface area contributed by atoms with Crippen LogP contribution in [-0.4, -0.2) is 72.5 Å². The van der Waals surface area contributed by atoms with Crippen molar-refractivity contribution < 1.29 is 23.9 Å². The lowest BCUT2D eigenvalue weighted by atomic mass is 9.82. The van der Waals surface area contributed by atoms with Crippen LogP contribution in [0.2, 0.25) is 0 Å². The van der Waals surface area contributed by atoms with Crippen molar-refractivity contribution in [2.24, 2.45) is 5.92 Å². The maximum Gasteiger partial charge on any atom is 0.410 e. The molecule has 0 aliphatic carbocycles. The van der Waals surface area contributed by atoms with E-state index in [0.29, 0.717) is 13.1 Å². The highest BCUT2D eigenvalue weighted by Gasteiger charge is 2.41. The third-order valence-electron chi connectivity index (χ3n) is 8.14. The maximum absolute atomic E-state index is 12.7. The molecule has 0 aromatic heterocycles. The van der Waals surface area contributed by atoms with Crippen molar-refractivity contribution in [2.75, 3.05) is 38.5 Å². The highest BCUT2D eigenvalue weighted by molar-refractivity contribution is 5.92. The molecule has 5 rings (SSSR count). The Balaban J connectivity index is 0.00000124. The predicted octanol–water partition coefficient (Wildman–Crippen LogP) is 5.93. The SMILES string of the molecule is CC=O.CN1CCC(C(=O)Nc2ccc(-c3ccc4c(c3)CCC3(CCN(C(=O)OC(C)(C)C)CC3)O4)cc2)CC1. The summed E-state index contributed by atoms with van der Waals surface area (Å²) < 4.78 is 12.1. The molecule has 3 heterocycles. The molecule has 2 amide bonds. The number of ether oxygens (including phenoxy) is 2. The van der Waals surface area contributed by atoms with E-state index in [0.717, 1.165) is 80.5 Å². The molecule has 2 aromatic carbocycles. The fourth-order valence-electron chi connectivity index (χ4n) is 5.74. The monoisotopic (exact) mass is 563 g/mol. The highest BCUT2D eigenvalue weighted by Crippen LogP contribution is 2.41. The Labute approximate surface area is 244 Å². The molecule has 222 valence electrons. The summed E-state index contributed by atoms with van der Waals surface area (Å²) in [6, 6.07) is 14.6. The third kappa shape index (κ3) is 8.09.